The van der Waals surface area contributed by atoms with Crippen molar-refractivity contribution >= 4 is 17.0 Å². The van der Waals surface area contributed by atoms with Gasteiger partial charge in [0.2, 0.25) is 5.95 Å². The van der Waals surface area contributed by atoms with E-state index >= 15 is 0 Å². The molecule has 1 aromatic carbocycles. The Morgan fingerprint density at radius 1 is 1.37 bits per heavy atom. The van der Waals surface area contributed by atoms with E-state index in [9.17, 15) is 5.11 Å². The summed E-state index contributed by atoms with van der Waals surface area (Å²) >= 11 is 0. The van der Waals surface area contributed by atoms with Gasteiger partial charge in [-0.15, -0.1) is 0 Å². The van der Waals surface area contributed by atoms with Crippen LogP contribution in [0.15, 0.2) is 24.3 Å². The smallest absolute Gasteiger partial charge is 0.206 e. The number of morpholine rings is 1. The Balaban J connectivity index is 1.97. The molecule has 1 aliphatic heterocycles. The topological polar surface area (TPSA) is 50.5 Å². The van der Waals surface area contributed by atoms with Crippen LogP contribution in [-0.2, 0) is 11.8 Å². The SMILES string of the molecule is CC1CN(c2nc3ccccc3n2C)CC(CO)O1. The van der Waals surface area contributed by atoms with Crippen molar-refractivity contribution in [3.63, 3.8) is 0 Å². The van der Waals surface area contributed by atoms with Crippen molar-refractivity contribution < 1.29 is 9.84 Å². The van der Waals surface area contributed by atoms with Crippen molar-refractivity contribution in [3.8, 4) is 0 Å². The van der Waals surface area contributed by atoms with Gasteiger partial charge < -0.3 is 19.3 Å². The second kappa shape index (κ2) is 4.83. The minimum Gasteiger partial charge on any atom is -0.394 e. The number of hydrogen-bond acceptors (Lipinski definition) is 4. The van der Waals surface area contributed by atoms with E-state index in [1.54, 1.807) is 0 Å². The maximum absolute atomic E-state index is 9.30. The molecule has 0 aliphatic carbocycles. The first-order valence-electron chi connectivity index (χ1n) is 6.61. The Labute approximate surface area is 112 Å². The number of rotatable bonds is 2. The van der Waals surface area contributed by atoms with E-state index < -0.39 is 0 Å². The monoisotopic (exact) mass is 261 g/mol. The van der Waals surface area contributed by atoms with Crippen LogP contribution in [0.1, 0.15) is 6.92 Å². The molecule has 1 aliphatic rings. The molecule has 3 rings (SSSR count). The quantitative estimate of drug-likeness (QED) is 0.881. The molecule has 19 heavy (non-hydrogen) atoms. The Bertz CT molecular complexity index is 581. The predicted molar refractivity (Wildman–Crippen MR) is 74.3 cm³/mol. The van der Waals surface area contributed by atoms with Crippen molar-refractivity contribution in [1.82, 2.24) is 9.55 Å². The molecule has 0 spiro atoms. The van der Waals surface area contributed by atoms with Gasteiger partial charge in [-0.25, -0.2) is 4.98 Å². The Morgan fingerprint density at radius 2 is 2.16 bits per heavy atom. The second-order valence-corrected chi connectivity index (χ2v) is 5.12. The lowest BCUT2D eigenvalue weighted by Gasteiger charge is -2.36. The van der Waals surface area contributed by atoms with Gasteiger partial charge in [0.15, 0.2) is 0 Å². The maximum atomic E-state index is 9.30. The average Bonchev–Trinajstić information content (AvgIpc) is 2.76. The van der Waals surface area contributed by atoms with Crippen molar-refractivity contribution in [2.45, 2.75) is 19.1 Å². The molecule has 1 N–H and O–H groups in total. The third-order valence-electron chi connectivity index (χ3n) is 3.58. The van der Waals surface area contributed by atoms with Crippen LogP contribution in [0.5, 0.6) is 0 Å². The van der Waals surface area contributed by atoms with Crippen LogP contribution in [0, 0.1) is 0 Å². The van der Waals surface area contributed by atoms with Gasteiger partial charge in [-0.1, -0.05) is 12.1 Å². The number of fused-ring (bicyclic) bond motifs is 1. The minimum atomic E-state index is -0.136. The molecule has 102 valence electrons. The molecule has 0 saturated carbocycles. The van der Waals surface area contributed by atoms with E-state index in [0.29, 0.717) is 6.54 Å². The van der Waals surface area contributed by atoms with Gasteiger partial charge in [-0.05, 0) is 19.1 Å². The van der Waals surface area contributed by atoms with Crippen LogP contribution >= 0.6 is 0 Å². The number of hydrogen-bond donors (Lipinski definition) is 1. The summed E-state index contributed by atoms with van der Waals surface area (Å²) in [7, 11) is 2.03. The molecule has 0 amide bonds. The minimum absolute atomic E-state index is 0.0464. The molecular weight excluding hydrogens is 242 g/mol. The highest BCUT2D eigenvalue weighted by atomic mass is 16.5. The summed E-state index contributed by atoms with van der Waals surface area (Å²) < 4.78 is 7.77. The Kier molecular flexibility index (Phi) is 3.16. The lowest BCUT2D eigenvalue weighted by atomic mass is 10.2. The van der Waals surface area contributed by atoms with E-state index in [4.69, 9.17) is 9.72 Å². The van der Waals surface area contributed by atoms with E-state index in [2.05, 4.69) is 15.5 Å². The van der Waals surface area contributed by atoms with Crippen LogP contribution in [0.25, 0.3) is 11.0 Å². The molecule has 5 heteroatoms. The lowest BCUT2D eigenvalue weighted by molar-refractivity contribution is -0.0425. The van der Waals surface area contributed by atoms with Gasteiger partial charge in [0, 0.05) is 20.1 Å². The number of aliphatic hydroxyl groups is 1. The number of imidazole rings is 1. The van der Waals surface area contributed by atoms with Crippen molar-refractivity contribution in [1.29, 1.82) is 0 Å². The fourth-order valence-electron chi connectivity index (χ4n) is 2.73. The van der Waals surface area contributed by atoms with E-state index in [1.807, 2.05) is 32.2 Å². The van der Waals surface area contributed by atoms with Gasteiger partial charge in [0.1, 0.15) is 0 Å². The zero-order chi connectivity index (χ0) is 13.4. The molecule has 2 atom stereocenters. The fraction of sp³-hybridized carbons (Fsp3) is 0.500. The molecule has 1 fully saturated rings. The number of nitrogens with zero attached hydrogens (tertiary/aromatic N) is 3. The lowest BCUT2D eigenvalue weighted by Crippen LogP contribution is -2.48. The van der Waals surface area contributed by atoms with Crippen LogP contribution in [-0.4, -0.2) is 46.6 Å². The van der Waals surface area contributed by atoms with Crippen LogP contribution in [0.3, 0.4) is 0 Å². The number of anilines is 1. The summed E-state index contributed by atoms with van der Waals surface area (Å²) in [4.78, 5) is 6.88. The summed E-state index contributed by atoms with van der Waals surface area (Å²) in [5.41, 5.74) is 2.12. The van der Waals surface area contributed by atoms with Gasteiger partial charge >= 0.3 is 0 Å². The van der Waals surface area contributed by atoms with Gasteiger partial charge in [-0.2, -0.15) is 0 Å². The van der Waals surface area contributed by atoms with E-state index in [0.717, 1.165) is 23.5 Å². The highest BCUT2D eigenvalue weighted by Crippen LogP contribution is 2.23. The van der Waals surface area contributed by atoms with Crippen molar-refractivity contribution in [2.24, 2.45) is 7.05 Å². The van der Waals surface area contributed by atoms with Crippen molar-refractivity contribution in [3.05, 3.63) is 24.3 Å². The first-order chi connectivity index (χ1) is 9.19. The average molecular weight is 261 g/mol. The third kappa shape index (κ3) is 2.19. The van der Waals surface area contributed by atoms with Gasteiger partial charge in [-0.3, -0.25) is 0 Å². The largest absolute Gasteiger partial charge is 0.394 e. The Hall–Kier alpha value is -1.59. The Morgan fingerprint density at radius 3 is 2.89 bits per heavy atom. The first kappa shape index (κ1) is 12.4. The van der Waals surface area contributed by atoms with Gasteiger partial charge in [0.05, 0.1) is 29.8 Å². The zero-order valence-electron chi connectivity index (χ0n) is 11.3. The number of aliphatic hydroxyl groups excluding tert-OH is 1. The maximum Gasteiger partial charge on any atom is 0.206 e. The standard InChI is InChI=1S/C14H19N3O2/c1-10-7-17(8-11(9-18)19-10)14-15-12-5-3-4-6-13(12)16(14)2/h3-6,10-11,18H,7-9H2,1-2H3. The molecule has 2 heterocycles. The van der Waals surface area contributed by atoms with Crippen LogP contribution in [0.4, 0.5) is 5.95 Å². The number of aromatic nitrogens is 2. The molecule has 2 aromatic rings. The number of ether oxygens (including phenoxy) is 1. The van der Waals surface area contributed by atoms with Crippen LogP contribution in [0.2, 0.25) is 0 Å². The molecule has 1 saturated heterocycles. The number of aryl methyl sites for hydroxylation is 1. The van der Waals surface area contributed by atoms with E-state index in [1.165, 1.54) is 0 Å². The normalized spacial score (nSPS) is 24.1. The van der Waals surface area contributed by atoms with Crippen LogP contribution < -0.4 is 4.90 Å². The summed E-state index contributed by atoms with van der Waals surface area (Å²) in [6, 6.07) is 8.11. The molecule has 0 bridgehead atoms. The highest BCUT2D eigenvalue weighted by molar-refractivity contribution is 5.78. The highest BCUT2D eigenvalue weighted by Gasteiger charge is 2.27. The summed E-state index contributed by atoms with van der Waals surface area (Å²) in [6.45, 7) is 3.55. The summed E-state index contributed by atoms with van der Waals surface area (Å²) in [5.74, 6) is 0.940. The second-order valence-electron chi connectivity index (χ2n) is 5.12. The molecule has 1 aromatic heterocycles. The zero-order valence-corrected chi connectivity index (χ0v) is 11.3. The molecule has 5 nitrogen and oxygen atoms in total. The summed E-state index contributed by atoms with van der Waals surface area (Å²) in [5, 5.41) is 9.30. The predicted octanol–water partition coefficient (Wildman–Crippen LogP) is 1.16. The van der Waals surface area contributed by atoms with Crippen molar-refractivity contribution in [2.75, 3.05) is 24.6 Å². The molecule has 2 unspecified atom stereocenters. The number of benzene rings is 1. The molecular formula is C14H19N3O2. The first-order valence-corrected chi connectivity index (χ1v) is 6.61. The fourth-order valence-corrected chi connectivity index (χ4v) is 2.73. The van der Waals surface area contributed by atoms with Gasteiger partial charge in [0.25, 0.3) is 0 Å². The third-order valence-corrected chi connectivity index (χ3v) is 3.58. The number of para-hydroxylation sites is 2. The summed E-state index contributed by atoms with van der Waals surface area (Å²) in [6.07, 6.45) is -0.0331. The van der Waals surface area contributed by atoms with E-state index in [-0.39, 0.29) is 18.8 Å². The molecule has 0 radical (unpaired) electrons.